The lowest BCUT2D eigenvalue weighted by Crippen LogP contribution is -2.24. The van der Waals surface area contributed by atoms with Gasteiger partial charge in [0.15, 0.2) is 0 Å². The van der Waals surface area contributed by atoms with Gasteiger partial charge in [0.1, 0.15) is 0 Å². The molecule has 16 heavy (non-hydrogen) atoms. The van der Waals surface area contributed by atoms with Crippen LogP contribution in [0, 0.1) is 0 Å². The molecule has 0 aromatic heterocycles. The zero-order valence-corrected chi connectivity index (χ0v) is 10.0. The topological polar surface area (TPSA) is 72.2 Å². The fourth-order valence-corrected chi connectivity index (χ4v) is 2.21. The van der Waals surface area contributed by atoms with Gasteiger partial charge in [0.05, 0.1) is 6.26 Å². The van der Waals surface area contributed by atoms with Crippen LogP contribution in [0.4, 0.5) is 5.69 Å². The second kappa shape index (κ2) is 3.75. The van der Waals surface area contributed by atoms with Crippen LogP contribution in [0.2, 0.25) is 0 Å². The third kappa shape index (κ3) is 3.21. The number of nitrogens with one attached hydrogen (secondary N) is 1. The first kappa shape index (κ1) is 11.4. The Bertz CT molecular complexity index is 475. The summed E-state index contributed by atoms with van der Waals surface area (Å²) in [5.74, 6) is 0. The zero-order valence-electron chi connectivity index (χ0n) is 9.23. The van der Waals surface area contributed by atoms with E-state index in [0.29, 0.717) is 5.69 Å². The normalized spacial score (nSPS) is 18.1. The molecule has 1 aliphatic carbocycles. The Morgan fingerprint density at radius 1 is 1.31 bits per heavy atom. The predicted octanol–water partition coefficient (Wildman–Crippen LogP) is 1.09. The molecule has 0 unspecified atom stereocenters. The monoisotopic (exact) mass is 240 g/mol. The van der Waals surface area contributed by atoms with Crippen molar-refractivity contribution in [2.75, 3.05) is 11.0 Å². The molecule has 0 heterocycles. The van der Waals surface area contributed by atoms with E-state index in [4.69, 9.17) is 5.73 Å². The fourth-order valence-electron chi connectivity index (χ4n) is 1.65. The number of rotatable bonds is 4. The van der Waals surface area contributed by atoms with Crippen LogP contribution in [0.25, 0.3) is 0 Å². The first-order chi connectivity index (χ1) is 7.36. The van der Waals surface area contributed by atoms with Gasteiger partial charge in [-0.1, -0.05) is 12.1 Å². The highest BCUT2D eigenvalue weighted by atomic mass is 32.2. The van der Waals surface area contributed by atoms with Crippen molar-refractivity contribution in [2.45, 2.75) is 24.8 Å². The molecule has 88 valence electrons. The quantitative estimate of drug-likeness (QED) is 0.827. The number of sulfonamides is 1. The van der Waals surface area contributed by atoms with Crippen molar-refractivity contribution >= 4 is 15.7 Å². The van der Waals surface area contributed by atoms with Gasteiger partial charge in [0, 0.05) is 11.2 Å². The molecule has 1 saturated carbocycles. The van der Waals surface area contributed by atoms with Crippen molar-refractivity contribution in [3.05, 3.63) is 29.8 Å². The van der Waals surface area contributed by atoms with E-state index < -0.39 is 10.0 Å². The highest BCUT2D eigenvalue weighted by Gasteiger charge is 2.37. The molecule has 0 radical (unpaired) electrons. The van der Waals surface area contributed by atoms with E-state index in [2.05, 4.69) is 4.72 Å². The molecular formula is C11H16N2O2S. The summed E-state index contributed by atoms with van der Waals surface area (Å²) in [6, 6.07) is 7.37. The van der Waals surface area contributed by atoms with E-state index in [1.807, 2.05) is 12.1 Å². The Hall–Kier alpha value is -1.07. The maximum absolute atomic E-state index is 11.0. The Morgan fingerprint density at radius 3 is 2.31 bits per heavy atom. The van der Waals surface area contributed by atoms with Crippen molar-refractivity contribution in [3.63, 3.8) is 0 Å². The van der Waals surface area contributed by atoms with Gasteiger partial charge in [-0.3, -0.25) is 4.72 Å². The summed E-state index contributed by atoms with van der Waals surface area (Å²) in [5, 5.41) is 0. The van der Waals surface area contributed by atoms with E-state index in [0.717, 1.165) is 31.1 Å². The minimum absolute atomic E-state index is 0.00816. The minimum Gasteiger partial charge on any atom is -0.325 e. The number of benzene rings is 1. The van der Waals surface area contributed by atoms with Crippen LogP contribution >= 0.6 is 0 Å². The van der Waals surface area contributed by atoms with Crippen molar-refractivity contribution in [1.82, 2.24) is 0 Å². The Labute approximate surface area is 95.9 Å². The summed E-state index contributed by atoms with van der Waals surface area (Å²) in [5.41, 5.74) is 7.74. The minimum atomic E-state index is -3.19. The first-order valence-electron chi connectivity index (χ1n) is 5.22. The van der Waals surface area contributed by atoms with Gasteiger partial charge < -0.3 is 5.73 Å². The summed E-state index contributed by atoms with van der Waals surface area (Å²) >= 11 is 0. The highest BCUT2D eigenvalue weighted by molar-refractivity contribution is 7.92. The molecule has 1 aromatic rings. The lowest BCUT2D eigenvalue weighted by molar-refractivity contribution is 0.607. The molecular weight excluding hydrogens is 224 g/mol. The third-order valence-corrected chi connectivity index (χ3v) is 3.31. The van der Waals surface area contributed by atoms with E-state index in [1.54, 1.807) is 12.1 Å². The van der Waals surface area contributed by atoms with Gasteiger partial charge >= 0.3 is 0 Å². The van der Waals surface area contributed by atoms with Gasteiger partial charge in [0.2, 0.25) is 10.0 Å². The van der Waals surface area contributed by atoms with Crippen LogP contribution in [0.3, 0.4) is 0 Å². The maximum atomic E-state index is 11.0. The Balaban J connectivity index is 2.04. The summed E-state index contributed by atoms with van der Waals surface area (Å²) in [6.07, 6.45) is 4.17. The summed E-state index contributed by atoms with van der Waals surface area (Å²) in [4.78, 5) is 0. The van der Waals surface area contributed by atoms with E-state index in [1.165, 1.54) is 0 Å². The molecule has 3 N–H and O–H groups in total. The second-order valence-electron chi connectivity index (χ2n) is 4.61. The molecule has 0 saturated heterocycles. The molecule has 5 heteroatoms. The molecule has 0 atom stereocenters. The first-order valence-corrected chi connectivity index (χ1v) is 7.11. The molecule has 0 spiro atoms. The van der Waals surface area contributed by atoms with E-state index >= 15 is 0 Å². The van der Waals surface area contributed by atoms with E-state index in [-0.39, 0.29) is 5.54 Å². The molecule has 1 fully saturated rings. The van der Waals surface area contributed by atoms with E-state index in [9.17, 15) is 8.42 Å². The lowest BCUT2D eigenvalue weighted by Gasteiger charge is -2.09. The molecule has 1 aliphatic rings. The van der Waals surface area contributed by atoms with Crippen LogP contribution < -0.4 is 10.5 Å². The largest absolute Gasteiger partial charge is 0.325 e. The highest BCUT2D eigenvalue weighted by Crippen LogP contribution is 2.35. The summed E-state index contributed by atoms with van der Waals surface area (Å²) in [6.45, 7) is 0. The van der Waals surface area contributed by atoms with Crippen molar-refractivity contribution in [3.8, 4) is 0 Å². The fraction of sp³-hybridized carbons (Fsp3) is 0.455. The van der Waals surface area contributed by atoms with Gasteiger partial charge in [-0.25, -0.2) is 8.42 Å². The number of nitrogens with two attached hydrogens (primary N) is 1. The lowest BCUT2D eigenvalue weighted by atomic mass is 10.1. The van der Waals surface area contributed by atoms with Crippen molar-refractivity contribution in [2.24, 2.45) is 5.73 Å². The predicted molar refractivity (Wildman–Crippen MR) is 64.8 cm³/mol. The van der Waals surface area contributed by atoms with Gasteiger partial charge in [-0.15, -0.1) is 0 Å². The Morgan fingerprint density at radius 2 is 1.88 bits per heavy atom. The second-order valence-corrected chi connectivity index (χ2v) is 6.36. The molecule has 4 nitrogen and oxygen atoms in total. The smallest absolute Gasteiger partial charge is 0.229 e. The van der Waals surface area contributed by atoms with Crippen LogP contribution in [-0.2, 0) is 16.4 Å². The molecule has 0 bridgehead atoms. The molecule has 0 amide bonds. The standard InChI is InChI=1S/C11H16N2O2S/c1-16(14,15)13-10-4-2-9(3-5-10)8-11(12)6-7-11/h2-5,13H,6-8,12H2,1H3. The molecule has 0 aliphatic heterocycles. The molecule has 1 aromatic carbocycles. The molecule has 2 rings (SSSR count). The van der Waals surface area contributed by atoms with Crippen LogP contribution in [-0.4, -0.2) is 20.2 Å². The van der Waals surface area contributed by atoms with Crippen LogP contribution in [0.15, 0.2) is 24.3 Å². The average molecular weight is 240 g/mol. The van der Waals surface area contributed by atoms with Crippen molar-refractivity contribution < 1.29 is 8.42 Å². The average Bonchev–Trinajstić information content (AvgIpc) is 2.85. The maximum Gasteiger partial charge on any atom is 0.229 e. The van der Waals surface area contributed by atoms with Crippen LogP contribution in [0.1, 0.15) is 18.4 Å². The third-order valence-electron chi connectivity index (χ3n) is 2.71. The van der Waals surface area contributed by atoms with Gasteiger partial charge in [-0.2, -0.15) is 0 Å². The van der Waals surface area contributed by atoms with Crippen molar-refractivity contribution in [1.29, 1.82) is 0 Å². The number of hydrogen-bond donors (Lipinski definition) is 2. The SMILES string of the molecule is CS(=O)(=O)Nc1ccc(CC2(N)CC2)cc1. The number of anilines is 1. The Kier molecular flexibility index (Phi) is 2.67. The van der Waals surface area contributed by atoms with Crippen LogP contribution in [0.5, 0.6) is 0 Å². The summed E-state index contributed by atoms with van der Waals surface area (Å²) in [7, 11) is -3.19. The van der Waals surface area contributed by atoms with Gasteiger partial charge in [-0.05, 0) is 37.0 Å². The number of hydrogen-bond acceptors (Lipinski definition) is 3. The summed E-state index contributed by atoms with van der Waals surface area (Å²) < 4.78 is 24.4. The van der Waals surface area contributed by atoms with Gasteiger partial charge in [0.25, 0.3) is 0 Å². The zero-order chi connectivity index (χ0) is 11.8.